The van der Waals surface area contributed by atoms with Crippen LogP contribution < -0.4 is 9.47 Å². The lowest BCUT2D eigenvalue weighted by molar-refractivity contribution is -0.109. The molecule has 8 rings (SSSR count). The number of hydrogen-bond acceptors (Lipinski definition) is 8. The zero-order valence-corrected chi connectivity index (χ0v) is 29.6. The van der Waals surface area contributed by atoms with Crippen molar-refractivity contribution in [2.75, 3.05) is 6.61 Å². The standard InChI is InChI=1S/C45H36N6O3/c1-2-37-30-41(43-40(46-37)26-27-42(47-43)53-29-28-52)54-31-32-22-24-33(25-23-32)38-20-12-13-21-39(38)44-48-50-51(49-44)45(34-14-6-3-7-15-34,35-16-8-4-9-17-35)36-18-10-5-11-19-36/h3-28,30H,2,29,31H2,1H3. The number of aldehydes is 1. The van der Waals surface area contributed by atoms with Crippen molar-refractivity contribution < 1.29 is 14.3 Å². The van der Waals surface area contributed by atoms with Crippen molar-refractivity contribution in [1.82, 2.24) is 30.2 Å². The predicted molar refractivity (Wildman–Crippen MR) is 208 cm³/mol. The number of carbonyl (C=O) groups is 1. The van der Waals surface area contributed by atoms with Crippen LogP contribution in [0.15, 0.2) is 158 Å². The van der Waals surface area contributed by atoms with Gasteiger partial charge in [-0.3, -0.25) is 9.78 Å². The van der Waals surface area contributed by atoms with E-state index in [2.05, 4.69) is 76.7 Å². The molecule has 0 saturated heterocycles. The summed E-state index contributed by atoms with van der Waals surface area (Å²) in [5.41, 5.74) is 8.20. The quantitative estimate of drug-likeness (QED) is 0.0868. The molecule has 9 nitrogen and oxygen atoms in total. The molecular formula is C45H36N6O3. The molecule has 0 bridgehead atoms. The molecule has 0 unspecified atom stereocenters. The van der Waals surface area contributed by atoms with Gasteiger partial charge in [0.05, 0.1) is 5.52 Å². The Morgan fingerprint density at radius 3 is 1.89 bits per heavy atom. The first-order valence-electron chi connectivity index (χ1n) is 17.8. The number of fused-ring (bicyclic) bond motifs is 1. The van der Waals surface area contributed by atoms with Crippen molar-refractivity contribution >= 4 is 17.3 Å². The normalized spacial score (nSPS) is 11.4. The van der Waals surface area contributed by atoms with Gasteiger partial charge in [-0.15, -0.1) is 15.0 Å². The molecule has 0 aliphatic carbocycles. The number of rotatable bonds is 13. The van der Waals surface area contributed by atoms with Gasteiger partial charge in [0.2, 0.25) is 11.7 Å². The van der Waals surface area contributed by atoms with Gasteiger partial charge in [0.15, 0.2) is 11.8 Å². The van der Waals surface area contributed by atoms with Crippen LogP contribution in [-0.2, 0) is 23.4 Å². The summed E-state index contributed by atoms with van der Waals surface area (Å²) < 4.78 is 11.8. The van der Waals surface area contributed by atoms with Crippen LogP contribution in [0.25, 0.3) is 33.5 Å². The topological polar surface area (TPSA) is 105 Å². The zero-order chi connectivity index (χ0) is 36.7. The molecular weight excluding hydrogens is 673 g/mol. The predicted octanol–water partition coefficient (Wildman–Crippen LogP) is 8.51. The first-order chi connectivity index (χ1) is 26.7. The van der Waals surface area contributed by atoms with Gasteiger partial charge in [0.25, 0.3) is 0 Å². The van der Waals surface area contributed by atoms with E-state index in [0.29, 0.717) is 41.4 Å². The highest BCUT2D eigenvalue weighted by molar-refractivity contribution is 5.82. The highest BCUT2D eigenvalue weighted by Gasteiger charge is 2.41. The van der Waals surface area contributed by atoms with Crippen molar-refractivity contribution in [2.45, 2.75) is 25.5 Å². The Balaban J connectivity index is 1.12. The summed E-state index contributed by atoms with van der Waals surface area (Å²) in [5.74, 6) is 1.47. The number of ether oxygens (including phenoxy) is 2. The number of aryl methyl sites for hydroxylation is 1. The summed E-state index contributed by atoms with van der Waals surface area (Å²) in [6.07, 6.45) is 1.44. The Bertz CT molecular complexity index is 2410. The molecule has 5 aromatic carbocycles. The number of hydrogen-bond donors (Lipinski definition) is 0. The molecule has 0 radical (unpaired) electrons. The number of pyridine rings is 2. The van der Waals surface area contributed by atoms with E-state index < -0.39 is 5.54 Å². The average Bonchev–Trinajstić information content (AvgIpc) is 3.74. The molecule has 8 aromatic rings. The van der Waals surface area contributed by atoms with E-state index in [1.54, 1.807) is 10.9 Å². The first-order valence-corrected chi connectivity index (χ1v) is 17.8. The molecule has 0 N–H and O–H groups in total. The highest BCUT2D eigenvalue weighted by atomic mass is 16.5. The van der Waals surface area contributed by atoms with Crippen LogP contribution in [0.3, 0.4) is 0 Å². The van der Waals surface area contributed by atoms with E-state index in [0.717, 1.165) is 51.1 Å². The number of aromatic nitrogens is 6. The van der Waals surface area contributed by atoms with Gasteiger partial charge in [-0.25, -0.2) is 4.98 Å². The zero-order valence-electron chi connectivity index (χ0n) is 29.6. The monoisotopic (exact) mass is 708 g/mol. The third kappa shape index (κ3) is 6.59. The number of carbonyl (C=O) groups excluding carboxylic acids is 1. The second kappa shape index (κ2) is 15.3. The van der Waals surface area contributed by atoms with E-state index in [4.69, 9.17) is 24.9 Å². The minimum Gasteiger partial charge on any atom is -0.486 e. The Kier molecular flexibility index (Phi) is 9.67. The van der Waals surface area contributed by atoms with Crippen molar-refractivity contribution in [2.24, 2.45) is 0 Å². The fourth-order valence-corrected chi connectivity index (χ4v) is 6.82. The first kappa shape index (κ1) is 34.1. The van der Waals surface area contributed by atoms with Crippen molar-refractivity contribution in [3.05, 3.63) is 186 Å². The maximum atomic E-state index is 10.8. The van der Waals surface area contributed by atoms with E-state index in [9.17, 15) is 4.79 Å². The molecule has 3 aromatic heterocycles. The average molecular weight is 709 g/mol. The van der Waals surface area contributed by atoms with E-state index in [-0.39, 0.29) is 6.61 Å². The van der Waals surface area contributed by atoms with Crippen LogP contribution >= 0.6 is 0 Å². The Morgan fingerprint density at radius 2 is 1.28 bits per heavy atom. The van der Waals surface area contributed by atoms with Gasteiger partial charge in [0.1, 0.15) is 24.5 Å². The van der Waals surface area contributed by atoms with Crippen LogP contribution in [0.2, 0.25) is 0 Å². The molecule has 54 heavy (non-hydrogen) atoms. The second-order valence-corrected chi connectivity index (χ2v) is 12.7. The summed E-state index contributed by atoms with van der Waals surface area (Å²) in [6, 6.07) is 52.8. The molecule has 0 spiro atoms. The third-order valence-electron chi connectivity index (χ3n) is 9.42. The minimum absolute atomic E-state index is 0.0745. The lowest BCUT2D eigenvalue weighted by atomic mass is 9.77. The Labute approximate surface area is 312 Å². The molecule has 0 fully saturated rings. The second-order valence-electron chi connectivity index (χ2n) is 12.7. The lowest BCUT2D eigenvalue weighted by Crippen LogP contribution is -2.39. The smallest absolute Gasteiger partial charge is 0.214 e. The van der Waals surface area contributed by atoms with Crippen molar-refractivity contribution in [3.8, 4) is 34.1 Å². The summed E-state index contributed by atoms with van der Waals surface area (Å²) >= 11 is 0. The summed E-state index contributed by atoms with van der Waals surface area (Å²) in [4.78, 5) is 21.8. The van der Waals surface area contributed by atoms with Crippen LogP contribution in [0.1, 0.15) is 34.9 Å². The van der Waals surface area contributed by atoms with Gasteiger partial charge in [0, 0.05) is 23.4 Å². The summed E-state index contributed by atoms with van der Waals surface area (Å²) in [6.45, 7) is 2.29. The fraction of sp³-hybridized carbons (Fsp3) is 0.111. The van der Waals surface area contributed by atoms with Gasteiger partial charge >= 0.3 is 0 Å². The summed E-state index contributed by atoms with van der Waals surface area (Å²) in [7, 11) is 0. The fourth-order valence-electron chi connectivity index (χ4n) is 6.82. The van der Waals surface area contributed by atoms with Crippen LogP contribution in [-0.4, -0.2) is 43.1 Å². The van der Waals surface area contributed by atoms with Crippen molar-refractivity contribution in [3.63, 3.8) is 0 Å². The van der Waals surface area contributed by atoms with Gasteiger partial charge in [-0.05, 0) is 51.1 Å². The highest BCUT2D eigenvalue weighted by Crippen LogP contribution is 2.40. The molecule has 9 heteroatoms. The van der Waals surface area contributed by atoms with E-state index in [1.807, 2.05) is 91.9 Å². The van der Waals surface area contributed by atoms with Crippen molar-refractivity contribution in [1.29, 1.82) is 0 Å². The molecule has 264 valence electrons. The Hall–Kier alpha value is -7.00. The molecule has 0 atom stereocenters. The van der Waals surface area contributed by atoms with Crippen LogP contribution in [0.4, 0.5) is 0 Å². The van der Waals surface area contributed by atoms with Gasteiger partial charge in [-0.2, -0.15) is 0 Å². The van der Waals surface area contributed by atoms with Gasteiger partial charge in [-0.1, -0.05) is 146 Å². The van der Waals surface area contributed by atoms with Crippen LogP contribution in [0.5, 0.6) is 11.6 Å². The molecule has 0 aliphatic heterocycles. The lowest BCUT2D eigenvalue weighted by Gasteiger charge is -2.34. The SMILES string of the molecule is CCc1cc(OCc2ccc(-c3ccccc3-c3nnn(C(c4ccccc4)(c4ccccc4)c4ccccc4)n3)cc2)c2nc(OCC=O)ccc2n1. The third-order valence-corrected chi connectivity index (χ3v) is 9.42. The molecule has 0 saturated carbocycles. The molecule has 0 aliphatic rings. The number of nitrogens with zero attached hydrogens (tertiary/aromatic N) is 6. The maximum Gasteiger partial charge on any atom is 0.214 e. The molecule has 3 heterocycles. The number of tetrazole rings is 1. The van der Waals surface area contributed by atoms with Gasteiger partial charge < -0.3 is 9.47 Å². The maximum absolute atomic E-state index is 10.8. The Morgan fingerprint density at radius 1 is 0.667 bits per heavy atom. The van der Waals surface area contributed by atoms with E-state index >= 15 is 0 Å². The summed E-state index contributed by atoms with van der Waals surface area (Å²) in [5, 5.41) is 14.6. The minimum atomic E-state index is -0.872. The molecule has 0 amide bonds. The van der Waals surface area contributed by atoms with E-state index in [1.165, 1.54) is 0 Å². The largest absolute Gasteiger partial charge is 0.486 e. The number of benzene rings is 5. The van der Waals surface area contributed by atoms with Crippen LogP contribution in [0, 0.1) is 0 Å².